The molecule has 1 rings (SSSR count). The molecule has 0 saturated carbocycles. The van der Waals surface area contributed by atoms with Crippen molar-refractivity contribution in [3.63, 3.8) is 0 Å². The van der Waals surface area contributed by atoms with Gasteiger partial charge in [-0.15, -0.1) is 10.4 Å². The van der Waals surface area contributed by atoms with E-state index in [2.05, 4.69) is 21.0 Å². The van der Waals surface area contributed by atoms with E-state index in [0.717, 1.165) is 0 Å². The molecule has 70 valence electrons. The molecule has 0 saturated heterocycles. The maximum absolute atomic E-state index is 10.2. The summed E-state index contributed by atoms with van der Waals surface area (Å²) >= 11 is 0. The molecule has 1 aromatic rings. The van der Waals surface area contributed by atoms with Gasteiger partial charge in [-0.25, -0.2) is 15.2 Å². The minimum Gasteiger partial charge on any atom is -0.481 e. The van der Waals surface area contributed by atoms with E-state index < -0.39 is 23.5 Å². The zero-order valence-electron chi connectivity index (χ0n) is 6.06. The van der Waals surface area contributed by atoms with E-state index >= 15 is 0 Å². The normalized spacial score (nSPS) is 9.54. The summed E-state index contributed by atoms with van der Waals surface area (Å²) in [4.78, 5) is 20.1. The van der Waals surface area contributed by atoms with Gasteiger partial charge in [0.1, 0.15) is 11.0 Å². The van der Waals surface area contributed by atoms with Gasteiger partial charge in [-0.2, -0.15) is 0 Å². The molecule has 1 aromatic heterocycles. The Morgan fingerprint density at radius 1 is 1.77 bits per heavy atom. The van der Waals surface area contributed by atoms with Gasteiger partial charge in [-0.1, -0.05) is 5.43 Å². The van der Waals surface area contributed by atoms with Gasteiger partial charge in [0.25, 0.3) is 0 Å². The Balaban J connectivity index is 2.76. The molecule has 10 nitrogen and oxygen atoms in total. The number of rotatable bonds is 4. The van der Waals surface area contributed by atoms with Gasteiger partial charge in [0.15, 0.2) is 0 Å². The van der Waals surface area contributed by atoms with E-state index in [1.54, 1.807) is 0 Å². The van der Waals surface area contributed by atoms with Crippen LogP contribution in [0.25, 0.3) is 5.43 Å². The molecule has 0 aromatic carbocycles. The standard InChI is InChI=1S/C3H4N6O4/c10-2(11)1-8-3(4-6-7-8)5-9(12)13/h1H2,(H2,4,5,7,10,11)/p-1. The first kappa shape index (κ1) is 8.83. The summed E-state index contributed by atoms with van der Waals surface area (Å²) in [5.74, 6) is -1.67. The molecule has 0 aliphatic rings. The predicted molar refractivity (Wildman–Crippen MR) is 35.5 cm³/mol. The lowest BCUT2D eigenvalue weighted by atomic mass is 10.7. The van der Waals surface area contributed by atoms with Gasteiger partial charge < -0.3 is 5.11 Å². The van der Waals surface area contributed by atoms with Crippen molar-refractivity contribution in [1.82, 2.24) is 20.2 Å². The predicted octanol–water partition coefficient (Wildman–Crippen LogP) is -1.05. The SMILES string of the molecule is O=C(O)Cn1nnnc1[N-][N+](=O)[O-]. The quantitative estimate of drug-likeness (QED) is 0.468. The maximum atomic E-state index is 10.2. The van der Waals surface area contributed by atoms with Crippen molar-refractivity contribution >= 4 is 11.9 Å². The number of nitro groups is 1. The fourth-order valence-electron chi connectivity index (χ4n) is 0.575. The smallest absolute Gasteiger partial charge is 0.311 e. The molecule has 0 aliphatic carbocycles. The van der Waals surface area contributed by atoms with Crippen molar-refractivity contribution in [1.29, 1.82) is 0 Å². The van der Waals surface area contributed by atoms with Crippen LogP contribution < -0.4 is 0 Å². The Hall–Kier alpha value is -2.26. The molecule has 0 radical (unpaired) electrons. The number of nitrogens with zero attached hydrogens (tertiary/aromatic N) is 6. The third-order valence-corrected chi connectivity index (χ3v) is 0.969. The largest absolute Gasteiger partial charge is 0.481 e. The van der Waals surface area contributed by atoms with Crippen molar-refractivity contribution in [2.24, 2.45) is 0 Å². The molecule has 0 atom stereocenters. The van der Waals surface area contributed by atoms with Gasteiger partial charge in [0.05, 0.1) is 6.54 Å². The molecule has 0 bridgehead atoms. The van der Waals surface area contributed by atoms with Crippen molar-refractivity contribution in [2.45, 2.75) is 6.54 Å². The Kier molecular flexibility index (Phi) is 2.33. The highest BCUT2D eigenvalue weighted by molar-refractivity contribution is 5.66. The van der Waals surface area contributed by atoms with Crippen molar-refractivity contribution in [2.75, 3.05) is 0 Å². The fraction of sp³-hybridized carbons (Fsp3) is 0.333. The number of carbonyl (C=O) groups is 1. The third-order valence-electron chi connectivity index (χ3n) is 0.969. The summed E-state index contributed by atoms with van der Waals surface area (Å²) in [7, 11) is 0. The molecule has 1 heterocycles. The van der Waals surface area contributed by atoms with Crippen LogP contribution in [0.2, 0.25) is 0 Å². The molecule has 1 N–H and O–H groups in total. The van der Waals surface area contributed by atoms with E-state index in [1.807, 2.05) is 0 Å². The first-order valence-electron chi connectivity index (χ1n) is 2.93. The van der Waals surface area contributed by atoms with Crippen LogP contribution in [0.5, 0.6) is 0 Å². The van der Waals surface area contributed by atoms with Crippen LogP contribution in [0.3, 0.4) is 0 Å². The number of aromatic nitrogens is 4. The summed E-state index contributed by atoms with van der Waals surface area (Å²) < 4.78 is 0.700. The first-order chi connectivity index (χ1) is 6.09. The Morgan fingerprint density at radius 2 is 2.46 bits per heavy atom. The highest BCUT2D eigenvalue weighted by Crippen LogP contribution is 2.10. The van der Waals surface area contributed by atoms with Crippen molar-refractivity contribution < 1.29 is 14.9 Å². The van der Waals surface area contributed by atoms with Gasteiger partial charge in [-0.3, -0.25) is 9.48 Å². The molecule has 0 spiro atoms. The highest BCUT2D eigenvalue weighted by atomic mass is 16.7. The van der Waals surface area contributed by atoms with E-state index in [4.69, 9.17) is 5.11 Å². The Bertz CT molecular complexity index is 302. The topological polar surface area (TPSA) is 138 Å². The minimum atomic E-state index is -1.22. The second-order valence-corrected chi connectivity index (χ2v) is 1.87. The highest BCUT2D eigenvalue weighted by Gasteiger charge is 2.04. The van der Waals surface area contributed by atoms with Crippen LogP contribution in [-0.2, 0) is 11.3 Å². The lowest BCUT2D eigenvalue weighted by Crippen LogP contribution is -2.10. The van der Waals surface area contributed by atoms with Crippen molar-refractivity contribution in [3.8, 4) is 0 Å². The number of tetrazole rings is 1. The monoisotopic (exact) mass is 187 g/mol. The summed E-state index contributed by atoms with van der Waals surface area (Å²) in [6.45, 7) is -0.570. The number of carboxylic acids is 1. The molecular formula is C3H3N6O4-. The maximum Gasteiger partial charge on any atom is 0.311 e. The fourth-order valence-corrected chi connectivity index (χ4v) is 0.575. The van der Waals surface area contributed by atoms with E-state index in [9.17, 15) is 14.9 Å². The minimum absolute atomic E-state index is 0.451. The summed E-state index contributed by atoms with van der Waals surface area (Å²) in [6.07, 6.45) is 0. The van der Waals surface area contributed by atoms with Crippen LogP contribution in [-0.4, -0.2) is 36.3 Å². The summed E-state index contributed by atoms with van der Waals surface area (Å²) in [5, 5.41) is 26.5. The van der Waals surface area contributed by atoms with E-state index in [1.165, 1.54) is 0 Å². The summed E-state index contributed by atoms with van der Waals surface area (Å²) in [6, 6.07) is 0. The second-order valence-electron chi connectivity index (χ2n) is 1.87. The second kappa shape index (κ2) is 3.42. The number of hydrogen-bond acceptors (Lipinski definition) is 6. The van der Waals surface area contributed by atoms with Crippen LogP contribution in [0.4, 0.5) is 5.95 Å². The number of aliphatic carboxylic acids is 1. The number of carboxylic acid groups (broad SMARTS) is 1. The van der Waals surface area contributed by atoms with Crippen LogP contribution in [0.15, 0.2) is 0 Å². The zero-order valence-corrected chi connectivity index (χ0v) is 6.06. The first-order valence-corrected chi connectivity index (χ1v) is 2.93. The lowest BCUT2D eigenvalue weighted by molar-refractivity contribution is -0.419. The zero-order chi connectivity index (χ0) is 9.84. The van der Waals surface area contributed by atoms with Crippen molar-refractivity contribution in [3.05, 3.63) is 15.5 Å². The van der Waals surface area contributed by atoms with Crippen LogP contribution in [0, 0.1) is 10.1 Å². The van der Waals surface area contributed by atoms with Gasteiger partial charge >= 0.3 is 5.97 Å². The molecule has 0 fully saturated rings. The molecule has 13 heavy (non-hydrogen) atoms. The van der Waals surface area contributed by atoms with E-state index in [-0.39, 0.29) is 0 Å². The Labute approximate surface area is 70.3 Å². The molecular weight excluding hydrogens is 184 g/mol. The number of hydrogen-bond donors (Lipinski definition) is 1. The molecule has 0 unspecified atom stereocenters. The van der Waals surface area contributed by atoms with E-state index in [0.29, 0.717) is 4.68 Å². The summed E-state index contributed by atoms with van der Waals surface area (Å²) in [5.41, 5.74) is 2.76. The van der Waals surface area contributed by atoms with Gasteiger partial charge in [0, 0.05) is 0 Å². The van der Waals surface area contributed by atoms with Crippen LogP contribution in [0.1, 0.15) is 0 Å². The molecule has 10 heteroatoms. The molecule has 0 aliphatic heterocycles. The lowest BCUT2D eigenvalue weighted by Gasteiger charge is -2.03. The third kappa shape index (κ3) is 2.36. The average molecular weight is 187 g/mol. The van der Waals surface area contributed by atoms with Gasteiger partial charge in [0.2, 0.25) is 0 Å². The van der Waals surface area contributed by atoms with Crippen LogP contribution >= 0.6 is 0 Å². The molecule has 0 amide bonds. The Morgan fingerprint density at radius 3 is 3.00 bits per heavy atom. The average Bonchev–Trinajstić information content (AvgIpc) is 2.34. The van der Waals surface area contributed by atoms with Gasteiger partial charge in [-0.05, 0) is 0 Å².